The molecular weight excluding hydrogens is 253 g/mol. The van der Waals surface area contributed by atoms with E-state index >= 15 is 0 Å². The van der Waals surface area contributed by atoms with Gasteiger partial charge in [0.2, 0.25) is 0 Å². The van der Waals surface area contributed by atoms with Crippen LogP contribution in [0.1, 0.15) is 20.8 Å². The monoisotopic (exact) mass is 263 g/mol. The Hall–Kier alpha value is 0.934. The summed E-state index contributed by atoms with van der Waals surface area (Å²) in [6.45, 7) is 6.56. The minimum atomic E-state index is 0. The van der Waals surface area contributed by atoms with Crippen LogP contribution in [0.5, 0.6) is 0 Å². The maximum Gasteiger partial charge on any atom is -1.00 e. The number of allylic oxidation sites excluding steroid dienone is 4. The molecule has 1 unspecified atom stereocenters. The predicted molar refractivity (Wildman–Crippen MR) is 35.9 cm³/mol. The summed E-state index contributed by atoms with van der Waals surface area (Å²) in [7, 11) is 0. The fourth-order valence-electron chi connectivity index (χ4n) is 0.936. The summed E-state index contributed by atoms with van der Waals surface area (Å²) in [6, 6.07) is 0. The number of rotatable bonds is 0. The summed E-state index contributed by atoms with van der Waals surface area (Å²) < 4.78 is 0.261. The van der Waals surface area contributed by atoms with E-state index < -0.39 is 0 Å². The maximum atomic E-state index is 2.70. The third-order valence-electron chi connectivity index (χ3n) is 2.01. The average molecular weight is 264 g/mol. The van der Waals surface area contributed by atoms with E-state index in [1.54, 1.807) is 0 Å². The molecule has 0 aromatic heterocycles. The smallest absolute Gasteiger partial charge is 1.00 e. The van der Waals surface area contributed by atoms with Crippen molar-refractivity contribution in [3.63, 3.8) is 0 Å². The molecule has 1 rings (SSSR count). The third kappa shape index (κ3) is 3.76. The molecule has 12 heavy (non-hydrogen) atoms. The molecule has 1 aliphatic carbocycles. The molecule has 0 saturated carbocycles. The molecule has 0 spiro atoms. The van der Waals surface area contributed by atoms with Gasteiger partial charge in [-0.1, -0.05) is 0 Å². The predicted octanol–water partition coefficient (Wildman–Crippen LogP) is -6.37. The van der Waals surface area contributed by atoms with Gasteiger partial charge in [-0.15, -0.1) is 0 Å². The summed E-state index contributed by atoms with van der Waals surface area (Å²) >= 11 is 2.70. The molecule has 0 fully saturated rings. The first-order valence-corrected chi connectivity index (χ1v) is 3.83. The first-order valence-electron chi connectivity index (χ1n) is 3.13. The normalized spacial score (nSPS) is 25.8. The topological polar surface area (TPSA) is 0 Å². The Morgan fingerprint density at radius 2 is 1.58 bits per heavy atom. The maximum absolute atomic E-state index is 2.70. The SMILES string of the molecule is CC1=C(C)[C](C)([V+3])C=C1.[Cl-].[Cl-].[Cl-]. The van der Waals surface area contributed by atoms with Crippen molar-refractivity contribution in [3.8, 4) is 0 Å². The van der Waals surface area contributed by atoms with E-state index in [-0.39, 0.29) is 41.3 Å². The van der Waals surface area contributed by atoms with Gasteiger partial charge in [-0.2, -0.15) is 0 Å². The number of hydrogen-bond acceptors (Lipinski definition) is 0. The van der Waals surface area contributed by atoms with Crippen molar-refractivity contribution in [2.75, 3.05) is 0 Å². The first-order chi connectivity index (χ1) is 4.04. The number of halogens is 3. The van der Waals surface area contributed by atoms with E-state index in [9.17, 15) is 0 Å². The van der Waals surface area contributed by atoms with Crippen molar-refractivity contribution in [1.29, 1.82) is 0 Å². The Morgan fingerprint density at radius 1 is 1.17 bits per heavy atom. The Kier molecular flexibility index (Phi) is 9.95. The van der Waals surface area contributed by atoms with Crippen molar-refractivity contribution in [2.45, 2.75) is 24.9 Å². The van der Waals surface area contributed by atoms with Crippen molar-refractivity contribution in [2.24, 2.45) is 0 Å². The van der Waals surface area contributed by atoms with Gasteiger partial charge in [0.05, 0.1) is 0 Å². The van der Waals surface area contributed by atoms with Crippen LogP contribution in [0.15, 0.2) is 23.3 Å². The van der Waals surface area contributed by atoms with Crippen LogP contribution in [0.25, 0.3) is 0 Å². The molecule has 1 aliphatic rings. The van der Waals surface area contributed by atoms with Crippen molar-refractivity contribution >= 4 is 0 Å². The fourth-order valence-corrected chi connectivity index (χ4v) is 1.33. The molecule has 0 aromatic rings. The van der Waals surface area contributed by atoms with Gasteiger partial charge in [-0.25, -0.2) is 0 Å². The van der Waals surface area contributed by atoms with Gasteiger partial charge in [0, 0.05) is 0 Å². The second kappa shape index (κ2) is 6.40. The quantitative estimate of drug-likeness (QED) is 0.408. The molecule has 0 nitrogen and oxygen atoms in total. The summed E-state index contributed by atoms with van der Waals surface area (Å²) in [5.74, 6) is 0. The Balaban J connectivity index is -0.000000270. The molecule has 0 radical (unpaired) electrons. The van der Waals surface area contributed by atoms with E-state index in [0.717, 1.165) is 0 Å². The molecule has 69 valence electrons. The average Bonchev–Trinajstić information content (AvgIpc) is 1.97. The molecular formula is C8H11Cl3V. The fraction of sp³-hybridized carbons (Fsp3) is 0.500. The molecule has 0 heterocycles. The second-order valence-corrected chi connectivity index (χ2v) is 4.24. The van der Waals surface area contributed by atoms with Crippen LogP contribution in [0.4, 0.5) is 0 Å². The van der Waals surface area contributed by atoms with E-state index in [2.05, 4.69) is 50.3 Å². The van der Waals surface area contributed by atoms with Gasteiger partial charge in [0.25, 0.3) is 0 Å². The van der Waals surface area contributed by atoms with E-state index in [0.29, 0.717) is 0 Å². The van der Waals surface area contributed by atoms with Crippen molar-refractivity contribution in [1.82, 2.24) is 0 Å². The Bertz CT molecular complexity index is 194. The van der Waals surface area contributed by atoms with Crippen molar-refractivity contribution in [3.05, 3.63) is 23.3 Å². The zero-order valence-corrected chi connectivity index (χ0v) is 10.9. The minimum Gasteiger partial charge on any atom is -1.00 e. The van der Waals surface area contributed by atoms with Crippen LogP contribution >= 0.6 is 0 Å². The van der Waals surface area contributed by atoms with Crippen LogP contribution < -0.4 is 37.2 Å². The van der Waals surface area contributed by atoms with Crippen LogP contribution in [-0.4, -0.2) is 0 Å². The van der Waals surface area contributed by atoms with Crippen LogP contribution in [0.3, 0.4) is 0 Å². The van der Waals surface area contributed by atoms with Gasteiger partial charge in [-0.05, 0) is 0 Å². The summed E-state index contributed by atoms with van der Waals surface area (Å²) in [5.41, 5.74) is 2.89. The van der Waals surface area contributed by atoms with Crippen LogP contribution in [0, 0.1) is 0 Å². The number of hydrogen-bond donors (Lipinski definition) is 0. The molecule has 0 N–H and O–H groups in total. The zero-order chi connectivity index (χ0) is 7.07. The second-order valence-electron chi connectivity index (χ2n) is 2.79. The van der Waals surface area contributed by atoms with Crippen LogP contribution in [-0.2, 0) is 17.4 Å². The molecule has 4 heteroatoms. The van der Waals surface area contributed by atoms with Gasteiger partial charge in [-0.3, -0.25) is 0 Å². The Labute approximate surface area is 102 Å². The van der Waals surface area contributed by atoms with E-state index in [4.69, 9.17) is 0 Å². The van der Waals surface area contributed by atoms with Gasteiger partial charge < -0.3 is 37.2 Å². The van der Waals surface area contributed by atoms with E-state index in [1.807, 2.05) is 0 Å². The molecule has 0 aromatic carbocycles. The van der Waals surface area contributed by atoms with Crippen molar-refractivity contribution < 1.29 is 54.6 Å². The van der Waals surface area contributed by atoms with Gasteiger partial charge in [0.1, 0.15) is 0 Å². The minimum absolute atomic E-state index is 0. The standard InChI is InChI=1S/C8H11.3ClH.V/c1-6-4-5-7(2)8(6)3;;;;/h4-5H,1-3H3;3*1H;/q;;;;+3/p-3. The third-order valence-corrected chi connectivity index (χ3v) is 2.77. The summed E-state index contributed by atoms with van der Waals surface area (Å²) in [5, 5.41) is 0. The van der Waals surface area contributed by atoms with Crippen LogP contribution in [0.2, 0.25) is 4.13 Å². The largest absolute Gasteiger partial charge is 1.00 e. The first kappa shape index (κ1) is 18.7. The Morgan fingerprint density at radius 3 is 1.67 bits per heavy atom. The van der Waals surface area contributed by atoms with Gasteiger partial charge >= 0.3 is 65.6 Å². The molecule has 1 atom stereocenters. The van der Waals surface area contributed by atoms with E-state index in [1.165, 1.54) is 11.1 Å². The molecule has 0 saturated heterocycles. The summed E-state index contributed by atoms with van der Waals surface area (Å²) in [4.78, 5) is 0. The molecule has 0 aliphatic heterocycles. The molecule has 0 amide bonds. The van der Waals surface area contributed by atoms with Gasteiger partial charge in [0.15, 0.2) is 0 Å². The zero-order valence-electron chi connectivity index (χ0n) is 7.24. The summed E-state index contributed by atoms with van der Waals surface area (Å²) in [6.07, 6.45) is 4.42. The molecule has 0 bridgehead atoms.